The Kier molecular flexibility index (Phi) is 4.78. The molecule has 0 saturated heterocycles. The molecule has 12 heteroatoms. The van der Waals surface area contributed by atoms with Crippen molar-refractivity contribution < 1.29 is 17.5 Å². The van der Waals surface area contributed by atoms with E-state index in [0.717, 1.165) is 4.52 Å². The van der Waals surface area contributed by atoms with E-state index >= 15 is 0 Å². The Labute approximate surface area is 157 Å². The zero-order valence-corrected chi connectivity index (χ0v) is 15.8. The summed E-state index contributed by atoms with van der Waals surface area (Å²) in [4.78, 5) is 7.74. The number of aryl methyl sites for hydroxylation is 1. The van der Waals surface area contributed by atoms with Crippen molar-refractivity contribution in [1.29, 1.82) is 0 Å². The van der Waals surface area contributed by atoms with Gasteiger partial charge in [0.05, 0.1) is 28.4 Å². The Morgan fingerprint density at radius 3 is 2.54 bits per heavy atom. The highest BCUT2D eigenvalue weighted by atomic mass is 35.5. The van der Waals surface area contributed by atoms with E-state index in [1.54, 1.807) is 19.1 Å². The van der Waals surface area contributed by atoms with Gasteiger partial charge in [-0.15, -0.1) is 5.10 Å². The molecular formula is C14H12Cl2FN5O3S. The largest absolute Gasteiger partial charge is 0.480 e. The van der Waals surface area contributed by atoms with Gasteiger partial charge in [0.2, 0.25) is 5.88 Å². The molecule has 0 unspecified atom stereocenters. The zero-order chi connectivity index (χ0) is 19.2. The summed E-state index contributed by atoms with van der Waals surface area (Å²) in [6.45, 7) is 0.755. The number of nitrogens with two attached hydrogens (primary N) is 1. The first-order valence-corrected chi connectivity index (χ1v) is 9.36. The third-order valence-electron chi connectivity index (χ3n) is 3.61. The average molecular weight is 420 g/mol. The van der Waals surface area contributed by atoms with Crippen LogP contribution in [0.15, 0.2) is 17.3 Å². The summed E-state index contributed by atoms with van der Waals surface area (Å²) in [5.74, 6) is -0.221. The van der Waals surface area contributed by atoms with Gasteiger partial charge in [-0.25, -0.2) is 22.9 Å². The quantitative estimate of drug-likeness (QED) is 0.694. The fourth-order valence-corrected chi connectivity index (χ4v) is 3.41. The molecule has 0 fully saturated rings. The second-order valence-electron chi connectivity index (χ2n) is 5.28. The van der Waals surface area contributed by atoms with Gasteiger partial charge in [0, 0.05) is 5.56 Å². The molecule has 0 amide bonds. The van der Waals surface area contributed by atoms with Crippen LogP contribution in [0.3, 0.4) is 0 Å². The molecule has 3 aromatic rings. The predicted octanol–water partition coefficient (Wildman–Crippen LogP) is 2.53. The highest BCUT2D eigenvalue weighted by molar-refractivity contribution is 7.89. The van der Waals surface area contributed by atoms with Gasteiger partial charge in [0.1, 0.15) is 6.67 Å². The molecule has 0 bridgehead atoms. The number of ether oxygens (including phenoxy) is 1. The molecule has 0 atom stereocenters. The molecule has 0 radical (unpaired) electrons. The maximum atomic E-state index is 13.7. The van der Waals surface area contributed by atoms with Crippen LogP contribution in [-0.2, 0) is 16.7 Å². The van der Waals surface area contributed by atoms with Crippen molar-refractivity contribution in [2.75, 3.05) is 7.11 Å². The van der Waals surface area contributed by atoms with Gasteiger partial charge < -0.3 is 4.74 Å². The molecule has 0 aliphatic carbocycles. The van der Waals surface area contributed by atoms with Crippen molar-refractivity contribution in [3.63, 3.8) is 0 Å². The minimum Gasteiger partial charge on any atom is -0.480 e. The standard InChI is InChI=1S/C14H12Cl2FN5O3S/c1-6-3-4-7(15)9(11(6)16)10-8(5-17)19-13-20-14(26(18,23)24)21-22(13)12(10)25-2/h3-4H,5H2,1-2H3,(H2,18,23,24). The molecule has 138 valence electrons. The number of sulfonamides is 1. The monoisotopic (exact) mass is 419 g/mol. The Bertz CT molecular complexity index is 1130. The van der Waals surface area contributed by atoms with Crippen molar-refractivity contribution in [2.45, 2.75) is 18.8 Å². The fraction of sp³-hybridized carbons (Fsp3) is 0.214. The first kappa shape index (κ1) is 18.8. The zero-order valence-electron chi connectivity index (χ0n) is 13.5. The Morgan fingerprint density at radius 1 is 1.27 bits per heavy atom. The lowest BCUT2D eigenvalue weighted by Crippen LogP contribution is -2.14. The van der Waals surface area contributed by atoms with Gasteiger partial charge in [0.25, 0.3) is 21.0 Å². The van der Waals surface area contributed by atoms with Crippen LogP contribution in [0.4, 0.5) is 4.39 Å². The molecule has 2 N–H and O–H groups in total. The Hall–Kier alpha value is -2.01. The van der Waals surface area contributed by atoms with Crippen LogP contribution in [-0.4, -0.2) is 35.1 Å². The number of fused-ring (bicyclic) bond motifs is 1. The topological polar surface area (TPSA) is 112 Å². The number of halogens is 3. The molecule has 3 rings (SSSR count). The molecule has 0 spiro atoms. The number of hydrogen-bond donors (Lipinski definition) is 1. The Morgan fingerprint density at radius 2 is 1.96 bits per heavy atom. The minimum absolute atomic E-state index is 0.0283. The van der Waals surface area contributed by atoms with Crippen LogP contribution in [0.1, 0.15) is 11.3 Å². The lowest BCUT2D eigenvalue weighted by atomic mass is 10.0. The molecular weight excluding hydrogens is 408 g/mol. The van der Waals surface area contributed by atoms with Crippen LogP contribution in [0, 0.1) is 6.92 Å². The van der Waals surface area contributed by atoms with Gasteiger partial charge in [-0.2, -0.15) is 9.50 Å². The van der Waals surface area contributed by atoms with Crippen LogP contribution < -0.4 is 9.88 Å². The van der Waals surface area contributed by atoms with E-state index in [4.69, 9.17) is 33.1 Å². The Balaban J connectivity index is 2.48. The highest BCUT2D eigenvalue weighted by Gasteiger charge is 2.26. The molecule has 8 nitrogen and oxygen atoms in total. The van der Waals surface area contributed by atoms with E-state index < -0.39 is 21.9 Å². The lowest BCUT2D eigenvalue weighted by Gasteiger charge is -2.16. The highest BCUT2D eigenvalue weighted by Crippen LogP contribution is 2.43. The minimum atomic E-state index is -4.19. The fourth-order valence-electron chi connectivity index (χ4n) is 2.44. The second-order valence-corrected chi connectivity index (χ2v) is 7.52. The number of rotatable bonds is 4. The summed E-state index contributed by atoms with van der Waals surface area (Å²) in [6, 6.07) is 3.30. The summed E-state index contributed by atoms with van der Waals surface area (Å²) < 4.78 is 43.1. The third-order valence-corrected chi connectivity index (χ3v) is 5.09. The van der Waals surface area contributed by atoms with Crippen LogP contribution in [0.2, 0.25) is 10.0 Å². The first-order chi connectivity index (χ1) is 12.2. The summed E-state index contributed by atoms with van der Waals surface area (Å²) in [6.07, 6.45) is 0. The molecule has 1 aromatic carbocycles. The SMILES string of the molecule is COc1c(-c2c(Cl)ccc(C)c2Cl)c(CF)nc2nc(S(N)(=O)=O)nn12. The smallest absolute Gasteiger partial charge is 0.284 e. The van der Waals surface area contributed by atoms with Crippen LogP contribution in [0.25, 0.3) is 16.9 Å². The number of alkyl halides is 1. The number of nitrogens with zero attached hydrogens (tertiary/aromatic N) is 4. The maximum absolute atomic E-state index is 13.7. The molecule has 26 heavy (non-hydrogen) atoms. The normalized spacial score (nSPS) is 11.9. The summed E-state index contributed by atoms with van der Waals surface area (Å²) >= 11 is 12.6. The van der Waals surface area contributed by atoms with Crippen molar-refractivity contribution >= 4 is 39.0 Å². The maximum Gasteiger partial charge on any atom is 0.284 e. The van der Waals surface area contributed by atoms with Gasteiger partial charge in [-0.1, -0.05) is 29.3 Å². The molecule has 0 aliphatic heterocycles. The van der Waals surface area contributed by atoms with Crippen molar-refractivity contribution in [2.24, 2.45) is 5.14 Å². The molecule has 0 aliphatic rings. The van der Waals surface area contributed by atoms with E-state index in [2.05, 4.69) is 15.1 Å². The van der Waals surface area contributed by atoms with Gasteiger partial charge in [-0.3, -0.25) is 0 Å². The van der Waals surface area contributed by atoms with Gasteiger partial charge in [0.15, 0.2) is 0 Å². The second kappa shape index (κ2) is 6.62. The van der Waals surface area contributed by atoms with Crippen LogP contribution in [0.5, 0.6) is 5.88 Å². The van der Waals surface area contributed by atoms with Crippen molar-refractivity contribution in [3.05, 3.63) is 33.4 Å². The van der Waals surface area contributed by atoms with E-state index in [0.29, 0.717) is 11.1 Å². The third kappa shape index (κ3) is 2.98. The number of primary sulfonamides is 1. The average Bonchev–Trinajstić information content (AvgIpc) is 3.01. The molecule has 2 aromatic heterocycles. The van der Waals surface area contributed by atoms with E-state index in [9.17, 15) is 12.8 Å². The van der Waals surface area contributed by atoms with Gasteiger partial charge in [-0.05, 0) is 18.6 Å². The number of methoxy groups -OCH3 is 1. The van der Waals surface area contributed by atoms with E-state index in [1.165, 1.54) is 7.11 Å². The number of aromatic nitrogens is 4. The van der Waals surface area contributed by atoms with Crippen molar-refractivity contribution in [1.82, 2.24) is 19.6 Å². The number of hydrogen-bond acceptors (Lipinski definition) is 6. The summed E-state index contributed by atoms with van der Waals surface area (Å²) in [5, 5.41) is 8.68. The summed E-state index contributed by atoms with van der Waals surface area (Å²) in [5.41, 5.74) is 1.05. The molecule has 0 saturated carbocycles. The van der Waals surface area contributed by atoms with Crippen molar-refractivity contribution in [3.8, 4) is 17.0 Å². The first-order valence-electron chi connectivity index (χ1n) is 7.06. The van der Waals surface area contributed by atoms with E-state index in [1.807, 2.05) is 0 Å². The molecule has 2 heterocycles. The predicted molar refractivity (Wildman–Crippen MR) is 93.7 cm³/mol. The lowest BCUT2D eigenvalue weighted by molar-refractivity contribution is 0.382. The van der Waals surface area contributed by atoms with Gasteiger partial charge >= 0.3 is 0 Å². The summed E-state index contributed by atoms with van der Waals surface area (Å²) in [7, 11) is -2.89. The number of benzene rings is 1. The van der Waals surface area contributed by atoms with E-state index in [-0.39, 0.29) is 33.0 Å². The van der Waals surface area contributed by atoms with Crippen LogP contribution >= 0.6 is 23.2 Å².